The van der Waals surface area contributed by atoms with Gasteiger partial charge in [-0.3, -0.25) is 9.59 Å². The summed E-state index contributed by atoms with van der Waals surface area (Å²) in [5, 5.41) is 20.4. The van der Waals surface area contributed by atoms with E-state index in [4.69, 9.17) is 4.74 Å². The first-order valence-electron chi connectivity index (χ1n) is 10.2. The van der Waals surface area contributed by atoms with Crippen LogP contribution in [0.1, 0.15) is 65.7 Å². The molecule has 0 bridgehead atoms. The Labute approximate surface area is 155 Å². The zero-order valence-electron chi connectivity index (χ0n) is 16.1. The molecule has 4 rings (SSSR count). The first kappa shape index (κ1) is 18.4. The predicted octanol–water partition coefficient (Wildman–Crippen LogP) is 2.47. The molecule has 0 radical (unpaired) electrons. The van der Waals surface area contributed by atoms with E-state index in [1.807, 2.05) is 0 Å². The van der Waals surface area contributed by atoms with Gasteiger partial charge in [-0.2, -0.15) is 0 Å². The highest BCUT2D eigenvalue weighted by atomic mass is 16.5. The van der Waals surface area contributed by atoms with Crippen LogP contribution in [0, 0.1) is 34.5 Å². The summed E-state index contributed by atoms with van der Waals surface area (Å²) in [6.45, 7) is 5.89. The molecule has 0 aromatic carbocycles. The van der Waals surface area contributed by atoms with Crippen LogP contribution in [-0.4, -0.2) is 40.3 Å². The van der Waals surface area contributed by atoms with Crippen molar-refractivity contribution in [1.82, 2.24) is 0 Å². The Morgan fingerprint density at radius 3 is 2.46 bits per heavy atom. The van der Waals surface area contributed by atoms with Crippen LogP contribution < -0.4 is 0 Å². The molecule has 2 N–H and O–H groups in total. The summed E-state index contributed by atoms with van der Waals surface area (Å²) >= 11 is 0. The van der Waals surface area contributed by atoms with Crippen LogP contribution in [0.15, 0.2) is 0 Å². The van der Waals surface area contributed by atoms with Gasteiger partial charge in [0.25, 0.3) is 0 Å². The Kier molecular flexibility index (Phi) is 4.27. The molecule has 26 heavy (non-hydrogen) atoms. The maximum atomic E-state index is 13.0. The number of carbonyl (C=O) groups is 2. The lowest BCUT2D eigenvalue weighted by atomic mass is 9.44. The van der Waals surface area contributed by atoms with Crippen molar-refractivity contribution in [3.63, 3.8) is 0 Å². The van der Waals surface area contributed by atoms with Crippen molar-refractivity contribution >= 4 is 11.8 Å². The summed E-state index contributed by atoms with van der Waals surface area (Å²) in [5.74, 6) is 1.04. The SMILES string of the molecule is CC(=O)O[C@H]1CC[C@H]2[C@@H]3CC(=O)[C@H]4C[C@@H](O)[C@@H](O)C[C@]4(C)[C@H]3CC[C@]12C. The van der Waals surface area contributed by atoms with Gasteiger partial charge >= 0.3 is 5.97 Å². The summed E-state index contributed by atoms with van der Waals surface area (Å²) in [5.41, 5.74) is -0.261. The van der Waals surface area contributed by atoms with Crippen LogP contribution in [0.25, 0.3) is 0 Å². The van der Waals surface area contributed by atoms with E-state index in [0.717, 1.165) is 25.7 Å². The molecule has 4 saturated carbocycles. The van der Waals surface area contributed by atoms with Crippen LogP contribution >= 0.6 is 0 Å². The number of carbonyl (C=O) groups excluding carboxylic acids is 2. The Morgan fingerprint density at radius 1 is 1.08 bits per heavy atom. The molecule has 9 atom stereocenters. The lowest BCUT2D eigenvalue weighted by Gasteiger charge is -2.60. The molecule has 0 amide bonds. The number of rotatable bonds is 1. The van der Waals surface area contributed by atoms with Gasteiger partial charge in [0.05, 0.1) is 12.2 Å². The maximum absolute atomic E-state index is 13.0. The number of Topliss-reactive ketones (excluding diaryl/α,β-unsaturated/α-hetero) is 1. The molecule has 4 fully saturated rings. The molecule has 146 valence electrons. The van der Waals surface area contributed by atoms with Crippen molar-refractivity contribution in [2.24, 2.45) is 34.5 Å². The highest BCUT2D eigenvalue weighted by molar-refractivity contribution is 5.83. The summed E-state index contributed by atoms with van der Waals surface area (Å²) in [6, 6.07) is 0. The smallest absolute Gasteiger partial charge is 0.302 e. The average Bonchev–Trinajstić information content (AvgIpc) is 2.87. The van der Waals surface area contributed by atoms with Crippen LogP contribution in [-0.2, 0) is 14.3 Å². The average molecular weight is 364 g/mol. The van der Waals surface area contributed by atoms with Gasteiger partial charge in [-0.1, -0.05) is 13.8 Å². The minimum Gasteiger partial charge on any atom is -0.462 e. The molecule has 5 heteroatoms. The first-order chi connectivity index (χ1) is 12.2. The molecule has 4 aliphatic carbocycles. The zero-order chi connectivity index (χ0) is 18.9. The quantitative estimate of drug-likeness (QED) is 0.698. The third-order valence-corrected chi connectivity index (χ3v) is 8.70. The van der Waals surface area contributed by atoms with Crippen LogP contribution in [0.4, 0.5) is 0 Å². The lowest BCUT2D eigenvalue weighted by molar-refractivity contribution is -0.179. The zero-order valence-corrected chi connectivity index (χ0v) is 16.1. The standard InChI is InChI=1S/C21H32O5/c1-11(22)26-19-5-4-13-12-8-16(23)15-9-17(24)18(25)10-21(15,3)14(12)6-7-20(13,19)2/h12-15,17-19,24-25H,4-10H2,1-3H3/t12-,13-,14-,15+,17+,18-,19-,20-,21+/m0/s1. The van der Waals surface area contributed by atoms with Crippen molar-refractivity contribution < 1.29 is 24.5 Å². The minimum absolute atomic E-state index is 0.0367. The van der Waals surface area contributed by atoms with Gasteiger partial charge < -0.3 is 14.9 Å². The van der Waals surface area contributed by atoms with E-state index >= 15 is 0 Å². The van der Waals surface area contributed by atoms with E-state index in [1.165, 1.54) is 6.92 Å². The number of hydrogen-bond donors (Lipinski definition) is 2. The summed E-state index contributed by atoms with van der Waals surface area (Å²) < 4.78 is 5.66. The van der Waals surface area contributed by atoms with Gasteiger partial charge in [-0.15, -0.1) is 0 Å². The van der Waals surface area contributed by atoms with Gasteiger partial charge in [0.15, 0.2) is 0 Å². The molecule has 0 spiro atoms. The van der Waals surface area contributed by atoms with Gasteiger partial charge in [0, 0.05) is 24.7 Å². The van der Waals surface area contributed by atoms with Gasteiger partial charge in [0.1, 0.15) is 11.9 Å². The second-order valence-electron chi connectivity index (χ2n) is 9.90. The first-order valence-corrected chi connectivity index (χ1v) is 10.2. The number of aliphatic hydroxyl groups is 2. The Morgan fingerprint density at radius 2 is 1.77 bits per heavy atom. The minimum atomic E-state index is -0.776. The van der Waals surface area contributed by atoms with E-state index in [0.29, 0.717) is 37.0 Å². The van der Waals surface area contributed by atoms with Crippen molar-refractivity contribution in [3.8, 4) is 0 Å². The van der Waals surface area contributed by atoms with Gasteiger partial charge in [-0.25, -0.2) is 0 Å². The molecular formula is C21H32O5. The molecule has 5 nitrogen and oxygen atoms in total. The number of aliphatic hydroxyl groups excluding tert-OH is 2. The molecule has 0 unspecified atom stereocenters. The van der Waals surface area contributed by atoms with Crippen molar-refractivity contribution in [2.45, 2.75) is 84.0 Å². The monoisotopic (exact) mass is 364 g/mol. The van der Waals surface area contributed by atoms with E-state index in [-0.39, 0.29) is 34.6 Å². The maximum Gasteiger partial charge on any atom is 0.302 e. The molecular weight excluding hydrogens is 332 g/mol. The second kappa shape index (κ2) is 6.03. The third kappa shape index (κ3) is 2.50. The fraction of sp³-hybridized carbons (Fsp3) is 0.905. The summed E-state index contributed by atoms with van der Waals surface area (Å²) in [7, 11) is 0. The van der Waals surface area contributed by atoms with Gasteiger partial charge in [0.2, 0.25) is 0 Å². The largest absolute Gasteiger partial charge is 0.462 e. The molecule has 0 aromatic heterocycles. The lowest BCUT2D eigenvalue weighted by Crippen LogP contribution is -2.59. The molecule has 4 aliphatic rings. The van der Waals surface area contributed by atoms with E-state index in [2.05, 4.69) is 13.8 Å². The highest BCUT2D eigenvalue weighted by Crippen LogP contribution is 2.65. The number of ether oxygens (including phenoxy) is 1. The second-order valence-corrected chi connectivity index (χ2v) is 9.90. The molecule has 0 heterocycles. The summed E-state index contributed by atoms with van der Waals surface area (Å²) in [4.78, 5) is 24.5. The third-order valence-electron chi connectivity index (χ3n) is 8.70. The Balaban J connectivity index is 1.64. The fourth-order valence-electron chi connectivity index (χ4n) is 7.42. The van der Waals surface area contributed by atoms with E-state index in [1.54, 1.807) is 0 Å². The number of esters is 1. The molecule has 0 aromatic rings. The number of fused-ring (bicyclic) bond motifs is 5. The van der Waals surface area contributed by atoms with Crippen LogP contribution in [0.3, 0.4) is 0 Å². The Hall–Kier alpha value is -0.940. The van der Waals surface area contributed by atoms with Crippen molar-refractivity contribution in [3.05, 3.63) is 0 Å². The predicted molar refractivity (Wildman–Crippen MR) is 95.1 cm³/mol. The van der Waals surface area contributed by atoms with Crippen molar-refractivity contribution in [1.29, 1.82) is 0 Å². The number of hydrogen-bond acceptors (Lipinski definition) is 5. The van der Waals surface area contributed by atoms with Crippen LogP contribution in [0.5, 0.6) is 0 Å². The topological polar surface area (TPSA) is 83.8 Å². The molecule has 0 saturated heterocycles. The Bertz CT molecular complexity index is 618. The normalized spacial score (nSPS) is 53.4. The van der Waals surface area contributed by atoms with Gasteiger partial charge in [-0.05, 0) is 61.7 Å². The number of ketones is 1. The summed E-state index contributed by atoms with van der Waals surface area (Å²) in [6.07, 6.45) is 3.88. The van der Waals surface area contributed by atoms with E-state index in [9.17, 15) is 19.8 Å². The highest BCUT2D eigenvalue weighted by Gasteiger charge is 2.63. The van der Waals surface area contributed by atoms with Crippen molar-refractivity contribution in [2.75, 3.05) is 0 Å². The van der Waals surface area contributed by atoms with E-state index < -0.39 is 12.2 Å². The fourth-order valence-corrected chi connectivity index (χ4v) is 7.42. The molecule has 0 aliphatic heterocycles. The van der Waals surface area contributed by atoms with Crippen LogP contribution in [0.2, 0.25) is 0 Å².